The van der Waals surface area contributed by atoms with E-state index in [4.69, 9.17) is 4.74 Å². The summed E-state index contributed by atoms with van der Waals surface area (Å²) in [6, 6.07) is 15.2. The van der Waals surface area contributed by atoms with Gasteiger partial charge < -0.3 is 10.1 Å². The standard InChI is InChI=1S/C22H17Br2NO3S/c1-2-28-22(27)20-18(15-6-10-17(24)11-7-15)13-29-21(20)25-19(26)12-5-14-3-8-16(23)9-4-14/h3-13H,2H2,1H3,(H,25,26)/b12-5+. The number of esters is 1. The van der Waals surface area contributed by atoms with Gasteiger partial charge in [0.1, 0.15) is 10.6 Å². The average molecular weight is 535 g/mol. The molecular weight excluding hydrogens is 518 g/mol. The zero-order valence-corrected chi connectivity index (χ0v) is 19.4. The largest absolute Gasteiger partial charge is 0.462 e. The normalized spacial score (nSPS) is 10.9. The van der Waals surface area contributed by atoms with Crippen molar-refractivity contribution in [3.05, 3.63) is 80.1 Å². The Hall–Kier alpha value is -2.22. The Morgan fingerprint density at radius 3 is 2.28 bits per heavy atom. The third kappa shape index (κ3) is 5.65. The molecule has 0 unspecified atom stereocenters. The molecule has 7 heteroatoms. The van der Waals surface area contributed by atoms with Crippen LogP contribution in [0.4, 0.5) is 5.00 Å². The Labute approximate surface area is 189 Å². The second kappa shape index (κ2) is 10.0. The van der Waals surface area contributed by atoms with Crippen molar-refractivity contribution in [2.45, 2.75) is 6.92 Å². The number of halogens is 2. The molecule has 0 bridgehead atoms. The summed E-state index contributed by atoms with van der Waals surface area (Å²) in [5.41, 5.74) is 2.87. The predicted octanol–water partition coefficient (Wildman–Crippen LogP) is 6.77. The number of amides is 1. The zero-order chi connectivity index (χ0) is 20.8. The molecule has 0 aliphatic rings. The number of ether oxygens (including phenoxy) is 1. The van der Waals surface area contributed by atoms with Crippen molar-refractivity contribution in [3.8, 4) is 11.1 Å². The second-order valence-electron chi connectivity index (χ2n) is 5.96. The number of carbonyl (C=O) groups is 2. The van der Waals surface area contributed by atoms with Gasteiger partial charge in [0.25, 0.3) is 0 Å². The fourth-order valence-electron chi connectivity index (χ4n) is 2.60. The fraction of sp³-hybridized carbons (Fsp3) is 0.0909. The van der Waals surface area contributed by atoms with Crippen LogP contribution in [0.2, 0.25) is 0 Å². The summed E-state index contributed by atoms with van der Waals surface area (Å²) in [7, 11) is 0. The molecule has 0 atom stereocenters. The van der Waals surface area contributed by atoms with Crippen LogP contribution in [0.3, 0.4) is 0 Å². The van der Waals surface area contributed by atoms with Crippen molar-refractivity contribution in [2.24, 2.45) is 0 Å². The van der Waals surface area contributed by atoms with Gasteiger partial charge in [0.15, 0.2) is 0 Å². The molecule has 0 saturated carbocycles. The van der Waals surface area contributed by atoms with Crippen molar-refractivity contribution >= 4 is 66.2 Å². The minimum absolute atomic E-state index is 0.255. The fourth-order valence-corrected chi connectivity index (χ4v) is 4.09. The van der Waals surface area contributed by atoms with Gasteiger partial charge in [-0.15, -0.1) is 11.3 Å². The first-order valence-electron chi connectivity index (χ1n) is 8.77. The topological polar surface area (TPSA) is 55.4 Å². The number of carbonyl (C=O) groups excluding carboxylic acids is 2. The molecule has 0 aliphatic carbocycles. The number of hydrogen-bond acceptors (Lipinski definition) is 4. The van der Waals surface area contributed by atoms with Crippen LogP contribution >= 0.6 is 43.2 Å². The van der Waals surface area contributed by atoms with Crippen LogP contribution in [0.1, 0.15) is 22.8 Å². The zero-order valence-electron chi connectivity index (χ0n) is 15.4. The second-order valence-corrected chi connectivity index (χ2v) is 8.67. The average Bonchev–Trinajstić information content (AvgIpc) is 3.12. The van der Waals surface area contributed by atoms with Gasteiger partial charge in [-0.1, -0.05) is 56.1 Å². The molecule has 148 valence electrons. The van der Waals surface area contributed by atoms with E-state index in [1.165, 1.54) is 17.4 Å². The SMILES string of the molecule is CCOC(=O)c1c(-c2ccc(Br)cc2)csc1NC(=O)/C=C/c1ccc(Br)cc1. The first-order chi connectivity index (χ1) is 14.0. The van der Waals surface area contributed by atoms with Gasteiger partial charge in [0.2, 0.25) is 5.91 Å². The molecule has 1 N–H and O–H groups in total. The Balaban J connectivity index is 1.86. The van der Waals surface area contributed by atoms with E-state index in [1.54, 1.807) is 13.0 Å². The smallest absolute Gasteiger partial charge is 0.341 e. The number of anilines is 1. The third-order valence-electron chi connectivity index (χ3n) is 3.96. The molecule has 3 aromatic rings. The summed E-state index contributed by atoms with van der Waals surface area (Å²) in [4.78, 5) is 25.0. The van der Waals surface area contributed by atoms with Gasteiger partial charge >= 0.3 is 5.97 Å². The lowest BCUT2D eigenvalue weighted by Gasteiger charge is -2.08. The minimum atomic E-state index is -0.459. The Morgan fingerprint density at radius 1 is 1.03 bits per heavy atom. The van der Waals surface area contributed by atoms with E-state index < -0.39 is 5.97 Å². The van der Waals surface area contributed by atoms with Crippen LogP contribution in [0.25, 0.3) is 17.2 Å². The van der Waals surface area contributed by atoms with Crippen molar-refractivity contribution in [2.75, 3.05) is 11.9 Å². The van der Waals surface area contributed by atoms with E-state index in [-0.39, 0.29) is 12.5 Å². The molecule has 1 aromatic heterocycles. The quantitative estimate of drug-likeness (QED) is 0.280. The summed E-state index contributed by atoms with van der Waals surface area (Å²) < 4.78 is 7.13. The molecule has 29 heavy (non-hydrogen) atoms. The van der Waals surface area contributed by atoms with Crippen molar-refractivity contribution in [3.63, 3.8) is 0 Å². The van der Waals surface area contributed by atoms with E-state index in [2.05, 4.69) is 37.2 Å². The minimum Gasteiger partial charge on any atom is -0.462 e. The molecular formula is C22H17Br2NO3S. The van der Waals surface area contributed by atoms with Crippen molar-refractivity contribution in [1.29, 1.82) is 0 Å². The summed E-state index contributed by atoms with van der Waals surface area (Å²) >= 11 is 8.09. The van der Waals surface area contributed by atoms with Gasteiger partial charge in [-0.2, -0.15) is 0 Å². The van der Waals surface area contributed by atoms with Gasteiger partial charge in [0.05, 0.1) is 6.61 Å². The van der Waals surface area contributed by atoms with E-state index in [0.29, 0.717) is 10.6 Å². The van der Waals surface area contributed by atoms with E-state index in [0.717, 1.165) is 25.6 Å². The molecule has 0 spiro atoms. The first-order valence-corrected chi connectivity index (χ1v) is 11.2. The van der Waals surface area contributed by atoms with Gasteiger partial charge in [-0.05, 0) is 48.4 Å². The third-order valence-corrected chi connectivity index (χ3v) is 5.91. The molecule has 2 aromatic carbocycles. The lowest BCUT2D eigenvalue weighted by atomic mass is 10.0. The lowest BCUT2D eigenvalue weighted by molar-refractivity contribution is -0.111. The van der Waals surface area contributed by atoms with E-state index in [9.17, 15) is 9.59 Å². The molecule has 1 amide bonds. The van der Waals surface area contributed by atoms with Crippen LogP contribution < -0.4 is 5.32 Å². The first kappa shape index (κ1) is 21.5. The summed E-state index contributed by atoms with van der Waals surface area (Å²) in [5.74, 6) is -0.776. The highest BCUT2D eigenvalue weighted by molar-refractivity contribution is 9.10. The molecule has 1 heterocycles. The maximum atomic E-state index is 12.6. The molecule has 0 fully saturated rings. The van der Waals surface area contributed by atoms with Crippen LogP contribution in [-0.4, -0.2) is 18.5 Å². The summed E-state index contributed by atoms with van der Waals surface area (Å²) in [6.45, 7) is 2.01. The maximum absolute atomic E-state index is 12.6. The molecule has 0 saturated heterocycles. The summed E-state index contributed by atoms with van der Waals surface area (Å²) in [5, 5.41) is 5.12. The molecule has 0 radical (unpaired) electrons. The number of rotatable bonds is 6. The van der Waals surface area contributed by atoms with Crippen LogP contribution in [0, 0.1) is 0 Å². The molecule has 4 nitrogen and oxygen atoms in total. The van der Waals surface area contributed by atoms with E-state index >= 15 is 0 Å². The Morgan fingerprint density at radius 2 is 1.66 bits per heavy atom. The van der Waals surface area contributed by atoms with Gasteiger partial charge in [-0.25, -0.2) is 4.79 Å². The van der Waals surface area contributed by atoms with Gasteiger partial charge in [0, 0.05) is 26.0 Å². The highest BCUT2D eigenvalue weighted by Gasteiger charge is 2.22. The van der Waals surface area contributed by atoms with E-state index in [1.807, 2.05) is 53.9 Å². The Bertz CT molecular complexity index is 1040. The number of thiophene rings is 1. The van der Waals surface area contributed by atoms with Crippen molar-refractivity contribution < 1.29 is 14.3 Å². The Kier molecular flexibility index (Phi) is 7.41. The highest BCUT2D eigenvalue weighted by atomic mass is 79.9. The molecule has 3 rings (SSSR count). The highest BCUT2D eigenvalue weighted by Crippen LogP contribution is 2.36. The maximum Gasteiger partial charge on any atom is 0.341 e. The van der Waals surface area contributed by atoms with Crippen LogP contribution in [0.15, 0.2) is 68.9 Å². The molecule has 0 aliphatic heterocycles. The van der Waals surface area contributed by atoms with Crippen molar-refractivity contribution in [1.82, 2.24) is 0 Å². The van der Waals surface area contributed by atoms with Gasteiger partial charge in [-0.3, -0.25) is 4.79 Å². The lowest BCUT2D eigenvalue weighted by Crippen LogP contribution is -2.12. The number of hydrogen-bond donors (Lipinski definition) is 1. The summed E-state index contributed by atoms with van der Waals surface area (Å²) in [6.07, 6.45) is 3.16. The number of benzene rings is 2. The monoisotopic (exact) mass is 533 g/mol. The number of nitrogens with one attached hydrogen (secondary N) is 1. The predicted molar refractivity (Wildman–Crippen MR) is 125 cm³/mol. The van der Waals surface area contributed by atoms with Crippen LogP contribution in [-0.2, 0) is 9.53 Å². The van der Waals surface area contributed by atoms with Crippen LogP contribution in [0.5, 0.6) is 0 Å².